The summed E-state index contributed by atoms with van der Waals surface area (Å²) >= 11 is 0.302. The molecule has 6 nitrogen and oxygen atoms in total. The molecular formula is C18H21F6N3O3S. The standard InChI is InChI=1S/C18H21F6N3O3S/c1-8-3-9(15-10(13(29)7-28)5-14(31-15)17(19,20)21)4-12(11(25)6-26-2)27(8)16(30)18(22,23)24/h5-6,8-9,12,26,28H,3-4,7,25H2,1-2H3/b11-6-. The number of carbonyl (C=O) groups is 2. The third-order valence-corrected chi connectivity index (χ3v) is 6.31. The number of aliphatic hydroxyl groups excluding tert-OH is 1. The molecule has 174 valence electrons. The number of hydrogen-bond donors (Lipinski definition) is 3. The highest BCUT2D eigenvalue weighted by atomic mass is 32.1. The molecular weight excluding hydrogens is 452 g/mol. The van der Waals surface area contributed by atoms with Crippen molar-refractivity contribution in [1.82, 2.24) is 10.2 Å². The lowest BCUT2D eigenvalue weighted by Crippen LogP contribution is -2.56. The van der Waals surface area contributed by atoms with E-state index in [9.17, 15) is 35.9 Å². The van der Waals surface area contributed by atoms with Gasteiger partial charge in [-0.2, -0.15) is 26.3 Å². The molecule has 0 aliphatic carbocycles. The molecule has 1 aliphatic rings. The minimum absolute atomic E-state index is 0.000379. The molecule has 1 fully saturated rings. The highest BCUT2D eigenvalue weighted by Gasteiger charge is 2.50. The maximum atomic E-state index is 13.2. The number of thiophene rings is 1. The molecule has 0 radical (unpaired) electrons. The van der Waals surface area contributed by atoms with Crippen molar-refractivity contribution in [2.75, 3.05) is 13.7 Å². The molecule has 2 rings (SSSR count). The zero-order valence-electron chi connectivity index (χ0n) is 16.5. The van der Waals surface area contributed by atoms with Gasteiger partial charge in [0.25, 0.3) is 0 Å². The van der Waals surface area contributed by atoms with Crippen molar-refractivity contribution in [2.45, 2.75) is 50.1 Å². The highest BCUT2D eigenvalue weighted by Crippen LogP contribution is 2.45. The van der Waals surface area contributed by atoms with E-state index in [1.54, 1.807) is 0 Å². The van der Waals surface area contributed by atoms with Crippen LogP contribution in [0.15, 0.2) is 18.0 Å². The number of amides is 1. The Bertz CT molecular complexity index is 865. The van der Waals surface area contributed by atoms with Crippen LogP contribution in [-0.4, -0.2) is 53.6 Å². The Morgan fingerprint density at radius 1 is 1.29 bits per heavy atom. The second-order valence-corrected chi connectivity index (χ2v) is 8.23. The number of carbonyl (C=O) groups excluding carboxylic acids is 2. The van der Waals surface area contributed by atoms with Gasteiger partial charge in [0.1, 0.15) is 11.5 Å². The van der Waals surface area contributed by atoms with Crippen molar-refractivity contribution in [3.8, 4) is 0 Å². The van der Waals surface area contributed by atoms with Crippen LogP contribution in [0.5, 0.6) is 0 Å². The van der Waals surface area contributed by atoms with Gasteiger partial charge in [-0.05, 0) is 31.7 Å². The molecule has 0 aromatic carbocycles. The van der Waals surface area contributed by atoms with Crippen LogP contribution in [0.2, 0.25) is 0 Å². The second-order valence-electron chi connectivity index (χ2n) is 7.14. The number of Topliss-reactive ketones (excluding diaryl/α,β-unsaturated/α-hetero) is 1. The summed E-state index contributed by atoms with van der Waals surface area (Å²) in [6, 6.07) is -1.66. The topological polar surface area (TPSA) is 95.7 Å². The third kappa shape index (κ3) is 5.32. The van der Waals surface area contributed by atoms with E-state index in [4.69, 9.17) is 10.8 Å². The molecule has 1 aromatic rings. The lowest BCUT2D eigenvalue weighted by Gasteiger charge is -2.44. The van der Waals surface area contributed by atoms with Gasteiger partial charge in [0, 0.05) is 35.4 Å². The van der Waals surface area contributed by atoms with Gasteiger partial charge >= 0.3 is 18.3 Å². The number of halogens is 6. The van der Waals surface area contributed by atoms with Crippen LogP contribution in [-0.2, 0) is 11.0 Å². The predicted octanol–water partition coefficient (Wildman–Crippen LogP) is 2.99. The Morgan fingerprint density at radius 3 is 2.39 bits per heavy atom. The van der Waals surface area contributed by atoms with Gasteiger partial charge in [-0.25, -0.2) is 0 Å². The molecule has 1 amide bonds. The summed E-state index contributed by atoms with van der Waals surface area (Å²) in [7, 11) is 1.44. The van der Waals surface area contributed by atoms with Crippen LogP contribution >= 0.6 is 11.3 Å². The zero-order valence-corrected chi connectivity index (χ0v) is 17.3. The summed E-state index contributed by atoms with van der Waals surface area (Å²) in [6.45, 7) is 0.314. The fraction of sp³-hybridized carbons (Fsp3) is 0.556. The lowest BCUT2D eigenvalue weighted by atomic mass is 9.82. The number of likely N-dealkylation sites (tertiary alicyclic amines) is 1. The first-order valence-corrected chi connectivity index (χ1v) is 9.91. The first kappa shape index (κ1) is 25.0. The molecule has 13 heteroatoms. The quantitative estimate of drug-likeness (QED) is 0.452. The number of nitrogens with zero attached hydrogens (tertiary/aromatic N) is 1. The Labute approximate surface area is 177 Å². The first-order valence-electron chi connectivity index (χ1n) is 9.09. The predicted molar refractivity (Wildman–Crippen MR) is 100 cm³/mol. The minimum Gasteiger partial charge on any atom is -0.399 e. The van der Waals surface area contributed by atoms with E-state index >= 15 is 0 Å². The number of alkyl halides is 6. The average molecular weight is 473 g/mol. The molecule has 31 heavy (non-hydrogen) atoms. The van der Waals surface area contributed by atoms with Crippen LogP contribution in [0.1, 0.15) is 45.8 Å². The largest absolute Gasteiger partial charge is 0.471 e. The van der Waals surface area contributed by atoms with Gasteiger partial charge in [0.15, 0.2) is 5.78 Å². The molecule has 3 unspecified atom stereocenters. The number of hydrogen-bond acceptors (Lipinski definition) is 6. The number of nitrogens with one attached hydrogen (secondary N) is 1. The molecule has 1 saturated heterocycles. The van der Waals surface area contributed by atoms with Crippen molar-refractivity contribution in [2.24, 2.45) is 5.73 Å². The van der Waals surface area contributed by atoms with E-state index in [0.29, 0.717) is 22.3 Å². The SMILES string of the molecule is CN/C=C(\N)C1CC(c2sc(C(F)(F)F)cc2C(=O)CO)CC(C)N1C(=O)C(F)(F)F. The van der Waals surface area contributed by atoms with Crippen LogP contribution < -0.4 is 11.1 Å². The van der Waals surface area contributed by atoms with E-state index in [-0.39, 0.29) is 29.0 Å². The summed E-state index contributed by atoms with van der Waals surface area (Å²) in [5, 5.41) is 11.7. The van der Waals surface area contributed by atoms with Gasteiger partial charge in [-0.1, -0.05) is 0 Å². The Kier molecular flexibility index (Phi) is 7.31. The molecule has 1 aromatic heterocycles. The molecule has 0 saturated carbocycles. The van der Waals surface area contributed by atoms with Gasteiger partial charge < -0.3 is 21.1 Å². The van der Waals surface area contributed by atoms with Crippen LogP contribution in [0.3, 0.4) is 0 Å². The number of ketones is 1. The van der Waals surface area contributed by atoms with E-state index in [1.807, 2.05) is 0 Å². The van der Waals surface area contributed by atoms with Crippen molar-refractivity contribution in [3.63, 3.8) is 0 Å². The van der Waals surface area contributed by atoms with Crippen LogP contribution in [0.4, 0.5) is 26.3 Å². The monoisotopic (exact) mass is 473 g/mol. The fourth-order valence-corrected chi connectivity index (χ4v) is 4.90. The van der Waals surface area contributed by atoms with E-state index < -0.39 is 53.5 Å². The maximum Gasteiger partial charge on any atom is 0.471 e. The zero-order chi connectivity index (χ0) is 23.7. The van der Waals surface area contributed by atoms with Crippen molar-refractivity contribution >= 4 is 23.0 Å². The summed E-state index contributed by atoms with van der Waals surface area (Å²) in [6.07, 6.45) is -9.04. The van der Waals surface area contributed by atoms with E-state index in [1.165, 1.54) is 20.2 Å². The van der Waals surface area contributed by atoms with Crippen LogP contribution in [0.25, 0.3) is 0 Å². The normalized spacial score (nSPS) is 23.1. The molecule has 3 atom stereocenters. The average Bonchev–Trinajstić information content (AvgIpc) is 3.11. The Hall–Kier alpha value is -2.28. The van der Waals surface area contributed by atoms with E-state index in [0.717, 1.165) is 0 Å². The van der Waals surface area contributed by atoms with Gasteiger partial charge in [0.05, 0.1) is 6.04 Å². The molecule has 1 aliphatic heterocycles. The molecule has 2 heterocycles. The van der Waals surface area contributed by atoms with Gasteiger partial charge in [-0.15, -0.1) is 11.3 Å². The molecule has 0 spiro atoms. The van der Waals surface area contributed by atoms with Crippen LogP contribution in [0, 0.1) is 0 Å². The number of nitrogens with two attached hydrogens (primary N) is 1. The fourth-order valence-electron chi connectivity index (χ4n) is 3.72. The van der Waals surface area contributed by atoms with Crippen molar-refractivity contribution in [3.05, 3.63) is 33.3 Å². The third-order valence-electron chi connectivity index (χ3n) is 4.97. The minimum atomic E-state index is -5.16. The number of aliphatic hydroxyl groups is 1. The molecule has 0 bridgehead atoms. The lowest BCUT2D eigenvalue weighted by molar-refractivity contribution is -0.191. The number of rotatable bonds is 5. The summed E-state index contributed by atoms with van der Waals surface area (Å²) in [5.41, 5.74) is 5.44. The summed E-state index contributed by atoms with van der Waals surface area (Å²) in [4.78, 5) is 23.6. The number of piperidine rings is 1. The Balaban J connectivity index is 2.54. The van der Waals surface area contributed by atoms with Gasteiger partial charge in [0.2, 0.25) is 0 Å². The van der Waals surface area contributed by atoms with Gasteiger partial charge in [-0.3, -0.25) is 9.59 Å². The summed E-state index contributed by atoms with van der Waals surface area (Å²) in [5.74, 6) is -3.82. The van der Waals surface area contributed by atoms with Crippen molar-refractivity contribution < 1.29 is 41.0 Å². The first-order chi connectivity index (χ1) is 14.2. The van der Waals surface area contributed by atoms with E-state index in [2.05, 4.69) is 5.32 Å². The maximum absolute atomic E-state index is 13.2. The highest BCUT2D eigenvalue weighted by molar-refractivity contribution is 7.12. The Morgan fingerprint density at radius 2 is 1.90 bits per heavy atom. The molecule has 4 N–H and O–H groups in total. The smallest absolute Gasteiger partial charge is 0.399 e. The second kappa shape index (κ2) is 9.07. The summed E-state index contributed by atoms with van der Waals surface area (Å²) < 4.78 is 79.1. The van der Waals surface area contributed by atoms with Crippen molar-refractivity contribution in [1.29, 1.82) is 0 Å².